The molecule has 4 N–H and O–H groups in total. The van der Waals surface area contributed by atoms with E-state index in [0.717, 1.165) is 18.5 Å². The van der Waals surface area contributed by atoms with Crippen LogP contribution in [0.4, 0.5) is 10.5 Å². The van der Waals surface area contributed by atoms with Gasteiger partial charge in [-0.25, -0.2) is 4.79 Å². The highest BCUT2D eigenvalue weighted by Crippen LogP contribution is 2.38. The molecule has 0 aliphatic heterocycles. The van der Waals surface area contributed by atoms with Crippen molar-refractivity contribution in [2.45, 2.75) is 38.5 Å². The third-order valence-electron chi connectivity index (χ3n) is 3.74. The Kier molecular flexibility index (Phi) is 2.21. The molecule has 2 amide bonds. The lowest BCUT2D eigenvalue weighted by Gasteiger charge is -2.13. The topological polar surface area (TPSA) is 56.7 Å². The number of carbonyl (C=O) groups is 1. The summed E-state index contributed by atoms with van der Waals surface area (Å²) in [6, 6.07) is 2.18. The molecule has 0 bridgehead atoms. The van der Waals surface area contributed by atoms with Crippen molar-refractivity contribution < 1.29 is 10.5 Å². The predicted molar refractivity (Wildman–Crippen MR) is 62.4 cm³/mol. The second-order valence-corrected chi connectivity index (χ2v) is 4.78. The van der Waals surface area contributed by atoms with E-state index in [2.05, 4.69) is 17.1 Å². The van der Waals surface area contributed by atoms with Crippen LogP contribution in [0.2, 0.25) is 0 Å². The van der Waals surface area contributed by atoms with Gasteiger partial charge >= 0.3 is 6.03 Å². The van der Waals surface area contributed by atoms with E-state index in [9.17, 15) is 4.79 Å². The fourth-order valence-corrected chi connectivity index (χ4v) is 3.11. The first-order valence-electron chi connectivity index (χ1n) is 6.05. The fraction of sp³-hybridized carbons (Fsp3) is 0.462. The van der Waals surface area contributed by atoms with Crippen LogP contribution in [0.3, 0.4) is 0 Å². The molecule has 0 atom stereocenters. The van der Waals surface area contributed by atoms with Gasteiger partial charge < -0.3 is 0 Å². The Hall–Kier alpha value is -1.35. The number of amides is 2. The number of quaternary nitrogens is 1. The van der Waals surface area contributed by atoms with Crippen molar-refractivity contribution in [3.05, 3.63) is 28.3 Å². The highest BCUT2D eigenvalue weighted by Gasteiger charge is 2.24. The lowest BCUT2D eigenvalue weighted by atomic mass is 9.99. The second kappa shape index (κ2) is 3.59. The highest BCUT2D eigenvalue weighted by atomic mass is 16.2. The third kappa shape index (κ3) is 1.43. The van der Waals surface area contributed by atoms with E-state index < -0.39 is 0 Å². The van der Waals surface area contributed by atoms with Gasteiger partial charge in [-0.3, -0.25) is 11.1 Å². The zero-order valence-corrected chi connectivity index (χ0v) is 9.44. The molecule has 0 spiro atoms. The molecule has 0 heterocycles. The molecular weight excluding hydrogens is 200 g/mol. The molecule has 3 nitrogen and oxygen atoms in total. The maximum absolute atomic E-state index is 11.2. The average Bonchev–Trinajstić information content (AvgIpc) is 2.83. The molecule has 3 rings (SSSR count). The Bertz CT molecular complexity index is 433. The second-order valence-electron chi connectivity index (χ2n) is 4.78. The van der Waals surface area contributed by atoms with E-state index in [-0.39, 0.29) is 6.03 Å². The van der Waals surface area contributed by atoms with Crippen LogP contribution in [0.25, 0.3) is 0 Å². The molecule has 0 fully saturated rings. The molecule has 0 saturated carbocycles. The molecular formula is C13H17N2O+. The molecule has 0 saturated heterocycles. The minimum Gasteiger partial charge on any atom is -0.275 e. The minimum absolute atomic E-state index is 0.186. The summed E-state index contributed by atoms with van der Waals surface area (Å²) in [7, 11) is 0. The van der Waals surface area contributed by atoms with E-state index in [1.807, 2.05) is 0 Å². The average molecular weight is 217 g/mol. The van der Waals surface area contributed by atoms with Crippen molar-refractivity contribution in [2.75, 3.05) is 5.32 Å². The van der Waals surface area contributed by atoms with Gasteiger partial charge in [0.2, 0.25) is 0 Å². The summed E-state index contributed by atoms with van der Waals surface area (Å²) in [5.41, 5.74) is 10.2. The molecule has 0 aromatic heterocycles. The molecule has 0 unspecified atom stereocenters. The maximum atomic E-state index is 11.2. The van der Waals surface area contributed by atoms with Crippen molar-refractivity contribution in [3.63, 3.8) is 0 Å². The van der Waals surface area contributed by atoms with Crippen LogP contribution >= 0.6 is 0 Å². The highest BCUT2D eigenvalue weighted by molar-refractivity contribution is 5.85. The van der Waals surface area contributed by atoms with E-state index in [1.54, 1.807) is 0 Å². The van der Waals surface area contributed by atoms with Gasteiger partial charge in [-0.1, -0.05) is 6.07 Å². The van der Waals surface area contributed by atoms with E-state index in [1.165, 1.54) is 47.9 Å². The number of carbonyl (C=O) groups excluding carboxylic acids is 1. The van der Waals surface area contributed by atoms with Gasteiger partial charge in [0.05, 0.1) is 5.69 Å². The quantitative estimate of drug-likeness (QED) is 0.734. The van der Waals surface area contributed by atoms with E-state index >= 15 is 0 Å². The van der Waals surface area contributed by atoms with Gasteiger partial charge in [-0.05, 0) is 60.8 Å². The molecule has 2 aliphatic rings. The fourth-order valence-electron chi connectivity index (χ4n) is 3.11. The lowest BCUT2D eigenvalue weighted by molar-refractivity contribution is -0.242. The Morgan fingerprint density at radius 3 is 2.12 bits per heavy atom. The monoisotopic (exact) mass is 217 g/mol. The van der Waals surface area contributed by atoms with E-state index in [4.69, 9.17) is 0 Å². The van der Waals surface area contributed by atoms with Crippen LogP contribution in [-0.4, -0.2) is 6.03 Å². The first-order chi connectivity index (χ1) is 7.75. The van der Waals surface area contributed by atoms with Crippen molar-refractivity contribution in [1.29, 1.82) is 0 Å². The number of urea groups is 1. The number of aryl methyl sites for hydroxylation is 2. The van der Waals surface area contributed by atoms with Gasteiger partial charge in [0.25, 0.3) is 0 Å². The summed E-state index contributed by atoms with van der Waals surface area (Å²) in [6.45, 7) is 0. The maximum Gasteiger partial charge on any atom is 0.416 e. The van der Waals surface area contributed by atoms with Crippen molar-refractivity contribution in [3.8, 4) is 0 Å². The van der Waals surface area contributed by atoms with Gasteiger partial charge in [-0.15, -0.1) is 0 Å². The van der Waals surface area contributed by atoms with Gasteiger partial charge in [-0.2, -0.15) is 0 Å². The molecule has 3 heteroatoms. The first kappa shape index (κ1) is 9.85. The van der Waals surface area contributed by atoms with Crippen LogP contribution in [-0.2, 0) is 25.7 Å². The van der Waals surface area contributed by atoms with Crippen LogP contribution < -0.4 is 11.1 Å². The largest absolute Gasteiger partial charge is 0.416 e. The Morgan fingerprint density at radius 2 is 1.62 bits per heavy atom. The molecule has 1 aromatic carbocycles. The zero-order chi connectivity index (χ0) is 11.1. The van der Waals surface area contributed by atoms with Crippen LogP contribution in [0.15, 0.2) is 6.07 Å². The minimum atomic E-state index is -0.186. The Morgan fingerprint density at radius 1 is 1.06 bits per heavy atom. The smallest absolute Gasteiger partial charge is 0.275 e. The van der Waals surface area contributed by atoms with Gasteiger partial charge in [0, 0.05) is 0 Å². The molecule has 1 aromatic rings. The Balaban J connectivity index is 2.15. The number of nitrogens with one attached hydrogen (secondary N) is 1. The molecule has 2 aliphatic carbocycles. The first-order valence-corrected chi connectivity index (χ1v) is 6.05. The van der Waals surface area contributed by atoms with Crippen molar-refractivity contribution in [2.24, 2.45) is 0 Å². The molecule has 84 valence electrons. The van der Waals surface area contributed by atoms with Gasteiger partial charge in [0.15, 0.2) is 0 Å². The zero-order valence-electron chi connectivity index (χ0n) is 9.44. The summed E-state index contributed by atoms with van der Waals surface area (Å²) >= 11 is 0. The molecule has 16 heavy (non-hydrogen) atoms. The normalized spacial score (nSPS) is 17.1. The molecule has 0 radical (unpaired) electrons. The van der Waals surface area contributed by atoms with Crippen molar-refractivity contribution >= 4 is 11.7 Å². The summed E-state index contributed by atoms with van der Waals surface area (Å²) in [5.74, 6) is 0. The summed E-state index contributed by atoms with van der Waals surface area (Å²) in [5, 5.41) is 2.96. The van der Waals surface area contributed by atoms with Crippen molar-refractivity contribution in [1.82, 2.24) is 0 Å². The van der Waals surface area contributed by atoms with Crippen LogP contribution in [0.5, 0.6) is 0 Å². The summed E-state index contributed by atoms with van der Waals surface area (Å²) < 4.78 is 0. The number of anilines is 1. The number of hydrogen-bond acceptors (Lipinski definition) is 1. The number of benzene rings is 1. The lowest BCUT2D eigenvalue weighted by Crippen LogP contribution is -2.59. The van der Waals surface area contributed by atoms with Crippen LogP contribution in [0.1, 0.15) is 35.1 Å². The predicted octanol–water partition coefficient (Wildman–Crippen LogP) is 1.44. The Labute approximate surface area is 95.0 Å². The standard InChI is InChI=1S/C13H16N2O/c14-13(16)15-12-10-5-1-3-8(10)7-9-4-2-6-11(9)12/h7H,1-6H2,(H3,14,15,16)/p+1. The SMILES string of the molecule is [NH3+]C(=O)Nc1c2c(cc3c1CCC3)CCC2. The number of rotatable bonds is 1. The van der Waals surface area contributed by atoms with E-state index in [0.29, 0.717) is 0 Å². The number of fused-ring (bicyclic) bond motifs is 2. The van der Waals surface area contributed by atoms with Crippen LogP contribution in [0, 0.1) is 0 Å². The summed E-state index contributed by atoms with van der Waals surface area (Å²) in [6.07, 6.45) is 7.00. The third-order valence-corrected chi connectivity index (χ3v) is 3.74. The summed E-state index contributed by atoms with van der Waals surface area (Å²) in [4.78, 5) is 11.2. The number of hydrogen-bond donors (Lipinski definition) is 2. The van der Waals surface area contributed by atoms with Gasteiger partial charge in [0.1, 0.15) is 0 Å².